The molecule has 1 aromatic heterocycles. The van der Waals surface area contributed by atoms with E-state index in [2.05, 4.69) is 24.1 Å². The number of rotatable bonds is 10. The molecule has 1 amide bonds. The van der Waals surface area contributed by atoms with Crippen LogP contribution in [0.2, 0.25) is 0 Å². The molecule has 202 valence electrons. The molecule has 0 aliphatic carbocycles. The molecule has 0 radical (unpaired) electrons. The average molecular weight is 542 g/mol. The van der Waals surface area contributed by atoms with Crippen LogP contribution >= 0.6 is 11.3 Å². The molecule has 10 heteroatoms. The molecule has 1 N–H and O–H groups in total. The van der Waals surface area contributed by atoms with Gasteiger partial charge in [0.2, 0.25) is 5.75 Å². The Morgan fingerprint density at radius 3 is 2.32 bits per heavy atom. The molecule has 8 nitrogen and oxygen atoms in total. The molecule has 0 saturated carbocycles. The largest absolute Gasteiger partial charge is 0.493 e. The Kier molecular flexibility index (Phi) is 8.53. The van der Waals surface area contributed by atoms with Crippen molar-refractivity contribution in [1.82, 2.24) is 9.47 Å². The first-order valence-electron chi connectivity index (χ1n) is 12.4. The van der Waals surface area contributed by atoms with Crippen molar-refractivity contribution in [3.63, 3.8) is 0 Å². The lowest BCUT2D eigenvalue weighted by atomic mass is 10.1. The molecular weight excluding hydrogens is 509 g/mol. The number of fused-ring (bicyclic) bond motifs is 1. The number of thiazole rings is 1. The fourth-order valence-corrected chi connectivity index (χ4v) is 5.78. The molecule has 3 aromatic rings. The summed E-state index contributed by atoms with van der Waals surface area (Å²) in [6.45, 7) is 7.25. The summed E-state index contributed by atoms with van der Waals surface area (Å²) in [5.74, 6) is 0.564. The predicted molar refractivity (Wildman–Crippen MR) is 147 cm³/mol. The maximum Gasteiger partial charge on any atom is 0.269 e. The Hall–Kier alpha value is -3.63. The van der Waals surface area contributed by atoms with Gasteiger partial charge in [0.15, 0.2) is 11.5 Å². The number of methoxy groups -OCH3 is 3. The molecule has 0 bridgehead atoms. The molecule has 0 fully saturated rings. The van der Waals surface area contributed by atoms with Crippen molar-refractivity contribution in [3.05, 3.63) is 66.8 Å². The van der Waals surface area contributed by atoms with Crippen LogP contribution in [0.1, 0.15) is 31.4 Å². The van der Waals surface area contributed by atoms with Crippen molar-refractivity contribution < 1.29 is 23.4 Å². The van der Waals surface area contributed by atoms with E-state index in [0.717, 1.165) is 26.1 Å². The minimum atomic E-state index is -0.450. The summed E-state index contributed by atoms with van der Waals surface area (Å²) in [7, 11) is 4.58. The molecule has 0 spiro atoms. The van der Waals surface area contributed by atoms with Gasteiger partial charge in [0.25, 0.3) is 11.5 Å². The Balaban J connectivity index is 1.93. The van der Waals surface area contributed by atoms with Crippen LogP contribution < -0.4 is 34.3 Å². The molecule has 1 aliphatic heterocycles. The number of amides is 1. The monoisotopic (exact) mass is 541 g/mol. The van der Waals surface area contributed by atoms with Crippen molar-refractivity contribution in [2.75, 3.05) is 46.3 Å². The summed E-state index contributed by atoms with van der Waals surface area (Å²) in [5, 5.41) is 2.80. The minimum Gasteiger partial charge on any atom is -0.493 e. The highest BCUT2D eigenvalue weighted by molar-refractivity contribution is 7.07. The van der Waals surface area contributed by atoms with Crippen LogP contribution in [0.4, 0.5) is 10.1 Å². The fraction of sp³-hybridized carbons (Fsp3) is 0.357. The second-order valence-corrected chi connectivity index (χ2v) is 9.76. The summed E-state index contributed by atoms with van der Waals surface area (Å²) in [6.07, 6.45) is 2.46. The molecule has 0 atom stereocenters. The summed E-state index contributed by atoms with van der Waals surface area (Å²) in [4.78, 5) is 29.0. The average Bonchev–Trinajstić information content (AvgIpc) is 3.40. The fourth-order valence-electron chi connectivity index (χ4n) is 4.59. The van der Waals surface area contributed by atoms with Crippen LogP contribution in [0, 0.1) is 5.82 Å². The number of aromatic nitrogens is 1. The molecule has 0 unspecified atom stereocenters. The van der Waals surface area contributed by atoms with E-state index in [1.165, 1.54) is 50.9 Å². The van der Waals surface area contributed by atoms with E-state index in [9.17, 15) is 14.0 Å². The molecule has 38 heavy (non-hydrogen) atoms. The van der Waals surface area contributed by atoms with Gasteiger partial charge in [-0.25, -0.2) is 4.39 Å². The number of nitrogens with zero attached hydrogens (tertiary/aromatic N) is 2. The normalized spacial score (nSPS) is 14.6. The van der Waals surface area contributed by atoms with Gasteiger partial charge in [-0.15, -0.1) is 11.3 Å². The van der Waals surface area contributed by atoms with E-state index in [1.54, 1.807) is 22.8 Å². The van der Waals surface area contributed by atoms with E-state index in [4.69, 9.17) is 14.2 Å². The zero-order valence-electron chi connectivity index (χ0n) is 22.2. The number of carbonyl (C=O) groups is 1. The summed E-state index contributed by atoms with van der Waals surface area (Å²) >= 11 is 1.21. The Labute approximate surface area is 224 Å². The lowest BCUT2D eigenvalue weighted by Crippen LogP contribution is -2.34. The standard InChI is InChI=1S/C28H32FN3O5S/c1-6-31(7-2)11-8-12-32-27(34)23(15-17-13-21(35-3)25(37-5)22(14-17)36-4)38-28(32)24-19-16-18(29)9-10-20(19)30-26(24)33/h9-10,13-16H,6-8,11-12H2,1-5H3,(H,30,33)/b23-15?,28-24-. The van der Waals surface area contributed by atoms with Gasteiger partial charge in [-0.3, -0.25) is 14.2 Å². The summed E-state index contributed by atoms with van der Waals surface area (Å²) in [5.41, 5.74) is 1.73. The first kappa shape index (κ1) is 27.4. The molecule has 1 aliphatic rings. The third-order valence-electron chi connectivity index (χ3n) is 6.58. The molecule has 4 rings (SSSR count). The lowest BCUT2D eigenvalue weighted by Gasteiger charge is -2.17. The van der Waals surface area contributed by atoms with Gasteiger partial charge in [0.05, 0.1) is 31.4 Å². The number of hydrogen-bond acceptors (Lipinski definition) is 7. The number of nitrogens with one attached hydrogen (secondary N) is 1. The first-order valence-corrected chi connectivity index (χ1v) is 13.3. The van der Waals surface area contributed by atoms with Crippen molar-refractivity contribution in [1.29, 1.82) is 0 Å². The van der Waals surface area contributed by atoms with Gasteiger partial charge in [0, 0.05) is 17.8 Å². The molecule has 0 saturated heterocycles. The zero-order chi connectivity index (χ0) is 27.4. The van der Waals surface area contributed by atoms with Crippen LogP contribution in [0.5, 0.6) is 17.2 Å². The zero-order valence-corrected chi connectivity index (χ0v) is 23.0. The SMILES string of the molecule is CCN(CC)CCCn1c(=O)c(=Cc2cc(OC)c(OC)c(OC)c2)s/c1=C1\C(=O)Nc2ccc(F)cc21. The first-order chi connectivity index (χ1) is 18.3. The molecular formula is C28H32FN3O5S. The third-order valence-corrected chi connectivity index (χ3v) is 7.71. The highest BCUT2D eigenvalue weighted by Gasteiger charge is 2.27. The van der Waals surface area contributed by atoms with Crippen molar-refractivity contribution in [2.45, 2.75) is 26.8 Å². The quantitative estimate of drug-likeness (QED) is 0.425. The van der Waals surface area contributed by atoms with Crippen LogP contribution in [-0.2, 0) is 11.3 Å². The highest BCUT2D eigenvalue weighted by Crippen LogP contribution is 2.38. The van der Waals surface area contributed by atoms with Crippen molar-refractivity contribution in [2.24, 2.45) is 0 Å². The molecule has 2 heterocycles. The maximum atomic E-state index is 14.2. The lowest BCUT2D eigenvalue weighted by molar-refractivity contribution is -0.110. The number of carbonyl (C=O) groups excluding carboxylic acids is 1. The van der Waals surface area contributed by atoms with E-state index in [1.807, 2.05) is 0 Å². The van der Waals surface area contributed by atoms with Gasteiger partial charge in [-0.1, -0.05) is 13.8 Å². The second-order valence-electron chi connectivity index (χ2n) is 8.73. The molecule has 2 aromatic carbocycles. The predicted octanol–water partition coefficient (Wildman–Crippen LogP) is 2.79. The minimum absolute atomic E-state index is 0.219. The smallest absolute Gasteiger partial charge is 0.269 e. The van der Waals surface area contributed by atoms with Crippen molar-refractivity contribution >= 4 is 34.6 Å². The number of benzene rings is 2. The van der Waals surface area contributed by atoms with E-state index in [-0.39, 0.29) is 11.5 Å². The number of anilines is 1. The number of halogens is 1. The van der Waals surface area contributed by atoms with Gasteiger partial charge < -0.3 is 24.4 Å². The second kappa shape index (κ2) is 11.8. The third kappa shape index (κ3) is 5.32. The highest BCUT2D eigenvalue weighted by atomic mass is 32.1. The van der Waals surface area contributed by atoms with Gasteiger partial charge >= 0.3 is 0 Å². The van der Waals surface area contributed by atoms with Gasteiger partial charge in [0.1, 0.15) is 10.5 Å². The van der Waals surface area contributed by atoms with Crippen molar-refractivity contribution in [3.8, 4) is 17.2 Å². The Morgan fingerprint density at radius 2 is 1.71 bits per heavy atom. The van der Waals surface area contributed by atoms with E-state index in [0.29, 0.717) is 55.4 Å². The van der Waals surface area contributed by atoms with Crippen LogP contribution in [0.15, 0.2) is 35.1 Å². The van der Waals surface area contributed by atoms with Gasteiger partial charge in [-0.2, -0.15) is 0 Å². The number of hydrogen-bond donors (Lipinski definition) is 1. The Morgan fingerprint density at radius 1 is 1.03 bits per heavy atom. The van der Waals surface area contributed by atoms with Crippen LogP contribution in [0.25, 0.3) is 11.6 Å². The van der Waals surface area contributed by atoms with E-state index >= 15 is 0 Å². The van der Waals surface area contributed by atoms with Gasteiger partial charge in [-0.05, 0) is 68.0 Å². The van der Waals surface area contributed by atoms with Crippen LogP contribution in [-0.4, -0.2) is 56.3 Å². The summed E-state index contributed by atoms with van der Waals surface area (Å²) in [6, 6.07) is 7.68. The number of ether oxygens (including phenoxy) is 3. The summed E-state index contributed by atoms with van der Waals surface area (Å²) < 4.78 is 33.0. The maximum absolute atomic E-state index is 14.2. The van der Waals surface area contributed by atoms with E-state index < -0.39 is 5.82 Å². The Bertz CT molecular complexity index is 1500. The van der Waals surface area contributed by atoms with Crippen LogP contribution in [0.3, 0.4) is 0 Å². The topological polar surface area (TPSA) is 82.0 Å².